The van der Waals surface area contributed by atoms with Gasteiger partial charge in [-0.3, -0.25) is 9.59 Å². The van der Waals surface area contributed by atoms with E-state index in [4.69, 9.17) is 25.1 Å². The van der Waals surface area contributed by atoms with Gasteiger partial charge >= 0.3 is 18.1 Å². The average Bonchev–Trinajstić information content (AvgIpc) is 2.92. The molecule has 4 aliphatic carbocycles. The summed E-state index contributed by atoms with van der Waals surface area (Å²) in [5.41, 5.74) is 2.98. The van der Waals surface area contributed by atoms with Crippen molar-refractivity contribution in [2.24, 2.45) is 39.7 Å². The zero-order valence-electron chi connectivity index (χ0n) is 21.3. The van der Waals surface area contributed by atoms with Crippen LogP contribution in [0.25, 0.3) is 0 Å². The molecule has 214 valence electrons. The monoisotopic (exact) mass is 549 g/mol. The fraction of sp³-hybridized carbons (Fsp3) is 0.800. The van der Waals surface area contributed by atoms with E-state index in [2.05, 4.69) is 6.58 Å². The molecule has 0 aromatic rings. The highest BCUT2D eigenvalue weighted by Gasteiger charge is 2.87. The Balaban J connectivity index is 0.000000426. The molecule has 2 aliphatic heterocycles. The molecule has 4 saturated carbocycles. The summed E-state index contributed by atoms with van der Waals surface area (Å²) in [6.07, 6.45) is -6.08. The fourth-order valence-corrected chi connectivity index (χ4v) is 8.27. The fourth-order valence-electron chi connectivity index (χ4n) is 8.27. The van der Waals surface area contributed by atoms with E-state index < -0.39 is 82.6 Å². The smallest absolute Gasteiger partial charge is 0.475 e. The molecule has 0 unspecified atom stereocenters. The molecule has 2 heterocycles. The van der Waals surface area contributed by atoms with Crippen molar-refractivity contribution in [3.05, 3.63) is 12.2 Å². The molecule has 0 aromatic heterocycles. The number of Topliss-reactive ketones (excluding diaryl/α,β-unsaturated/α-hetero) is 1. The van der Waals surface area contributed by atoms with Crippen molar-refractivity contribution in [2.45, 2.75) is 82.8 Å². The Kier molecular flexibility index (Phi) is 6.64. The minimum atomic E-state index is -5.08. The highest BCUT2D eigenvalue weighted by molar-refractivity contribution is 6.05. The van der Waals surface area contributed by atoms with Crippen molar-refractivity contribution in [3.8, 4) is 0 Å². The Morgan fingerprint density at radius 3 is 2.32 bits per heavy atom. The van der Waals surface area contributed by atoms with Crippen LogP contribution >= 0.6 is 0 Å². The summed E-state index contributed by atoms with van der Waals surface area (Å²) >= 11 is 0. The van der Waals surface area contributed by atoms with E-state index in [0.717, 1.165) is 0 Å². The van der Waals surface area contributed by atoms with Crippen molar-refractivity contribution in [2.75, 3.05) is 6.61 Å². The van der Waals surface area contributed by atoms with E-state index in [1.807, 2.05) is 13.8 Å². The third-order valence-electron chi connectivity index (χ3n) is 9.71. The Hall–Kier alpha value is -2.06. The van der Waals surface area contributed by atoms with Crippen LogP contribution in [0.5, 0.6) is 0 Å². The van der Waals surface area contributed by atoms with Gasteiger partial charge in [0.05, 0.1) is 12.7 Å². The number of aliphatic hydroxyl groups is 3. The molecule has 38 heavy (non-hydrogen) atoms. The number of alkyl halides is 3. The third kappa shape index (κ3) is 3.48. The van der Waals surface area contributed by atoms with Gasteiger partial charge < -0.3 is 35.6 Å². The summed E-state index contributed by atoms with van der Waals surface area (Å²) in [6, 6.07) is -0.911. The lowest BCUT2D eigenvalue weighted by atomic mass is 9.35. The number of halogens is 3. The number of fused-ring (bicyclic) bond motifs is 2. The number of esters is 1. The first-order valence-electron chi connectivity index (χ1n) is 12.5. The van der Waals surface area contributed by atoms with Crippen molar-refractivity contribution in [1.29, 1.82) is 0 Å². The van der Waals surface area contributed by atoms with Crippen molar-refractivity contribution >= 4 is 17.7 Å². The molecule has 6 fully saturated rings. The van der Waals surface area contributed by atoms with E-state index >= 15 is 0 Å². The van der Waals surface area contributed by atoms with Gasteiger partial charge in [-0.25, -0.2) is 4.79 Å². The van der Waals surface area contributed by atoms with Gasteiger partial charge in [0.2, 0.25) is 5.79 Å². The Morgan fingerprint density at radius 2 is 1.79 bits per heavy atom. The van der Waals surface area contributed by atoms with Gasteiger partial charge in [0.15, 0.2) is 5.78 Å². The second kappa shape index (κ2) is 8.72. The van der Waals surface area contributed by atoms with Crippen LogP contribution in [-0.4, -0.2) is 81.1 Å². The van der Waals surface area contributed by atoms with Crippen molar-refractivity contribution < 1.29 is 57.5 Å². The Bertz CT molecular complexity index is 1060. The van der Waals surface area contributed by atoms with Crippen molar-refractivity contribution in [3.63, 3.8) is 0 Å². The molecule has 4 bridgehead atoms. The lowest BCUT2D eigenvalue weighted by Crippen LogP contribution is -2.85. The number of hydrogen-bond donors (Lipinski definition) is 5. The van der Waals surface area contributed by atoms with Gasteiger partial charge in [-0.2, -0.15) is 13.2 Å². The van der Waals surface area contributed by atoms with Gasteiger partial charge in [0.1, 0.15) is 23.7 Å². The summed E-state index contributed by atoms with van der Waals surface area (Å²) in [5, 5.41) is 42.0. The maximum Gasteiger partial charge on any atom is 0.490 e. The summed E-state index contributed by atoms with van der Waals surface area (Å²) in [4.78, 5) is 35.3. The van der Waals surface area contributed by atoms with Gasteiger partial charge in [-0.15, -0.1) is 0 Å². The first-order chi connectivity index (χ1) is 17.3. The molecule has 0 radical (unpaired) electrons. The topological polar surface area (TPSA) is 177 Å². The Morgan fingerprint density at radius 1 is 1.21 bits per heavy atom. The predicted molar refractivity (Wildman–Crippen MR) is 122 cm³/mol. The van der Waals surface area contributed by atoms with Crippen LogP contribution in [0.3, 0.4) is 0 Å². The third-order valence-corrected chi connectivity index (χ3v) is 9.71. The van der Waals surface area contributed by atoms with Crippen LogP contribution < -0.4 is 5.73 Å². The minimum Gasteiger partial charge on any atom is -0.475 e. The number of aliphatic carboxylic acids is 1. The highest BCUT2D eigenvalue weighted by Crippen LogP contribution is 2.76. The number of aliphatic hydroxyl groups excluding tert-OH is 2. The largest absolute Gasteiger partial charge is 0.490 e. The number of carbonyl (C=O) groups excluding carboxylic acids is 2. The number of carboxylic acid groups (broad SMARTS) is 1. The average molecular weight is 550 g/mol. The molecule has 10 atom stereocenters. The molecule has 2 saturated heterocycles. The lowest BCUT2D eigenvalue weighted by molar-refractivity contribution is -0.458. The normalized spacial score (nSPS) is 45.3. The van der Waals surface area contributed by atoms with Crippen LogP contribution in [0.4, 0.5) is 13.2 Å². The summed E-state index contributed by atoms with van der Waals surface area (Å²) in [6.45, 7) is 9.56. The number of nitrogens with two attached hydrogens (primary N) is 1. The molecule has 2 spiro atoms. The quantitative estimate of drug-likeness (QED) is 0.246. The number of carboxylic acids is 1. The molecule has 6 rings (SSSR count). The second-order valence-electron chi connectivity index (χ2n) is 12.0. The predicted octanol–water partition coefficient (Wildman–Crippen LogP) is 0.907. The summed E-state index contributed by atoms with van der Waals surface area (Å²) < 4.78 is 43.5. The molecule has 6 aliphatic rings. The SMILES string of the molecule is C=C1C(=O)[C@]23[C@H](OC(=O)[C@H](C)N)[C@H]1CC[C@H]2[C@@]12CO[C@@]3(O)[C@@H](O)[C@@H]1C(C)(C)CC[C@@H]2O.O=C(O)C(F)(F)F. The number of ether oxygens (including phenoxy) is 2. The highest BCUT2D eigenvalue weighted by atomic mass is 19.4. The van der Waals surface area contributed by atoms with E-state index in [0.29, 0.717) is 25.7 Å². The number of rotatable bonds is 2. The number of hydrogen-bond acceptors (Lipinski definition) is 9. The van der Waals surface area contributed by atoms with E-state index in [9.17, 15) is 38.1 Å². The van der Waals surface area contributed by atoms with Crippen molar-refractivity contribution in [1.82, 2.24) is 0 Å². The number of carbonyl (C=O) groups is 3. The van der Waals surface area contributed by atoms with Crippen LogP contribution in [-0.2, 0) is 23.9 Å². The van der Waals surface area contributed by atoms with Gasteiger partial charge in [0.25, 0.3) is 0 Å². The molecular formula is C25H34F3NO9. The standard InChI is InChI=1S/C23H33NO7.C2HF3O2/c1-10-12-5-6-13-21-9-30-23(29,17(27)15(21)20(3,4)8-7-14(21)25)22(13,16(10)26)18(12)31-19(28)11(2)24;3-2(4,5)1(6)7/h11-15,17-18,25,27,29H,1,5-9,24H2,2-4H3;(H,6,7)/t11-,12-,13-,14-,15+,17-,18+,21+,22-,23-;/m0./s1. The van der Waals surface area contributed by atoms with Crippen LogP contribution in [0.1, 0.15) is 46.5 Å². The molecule has 0 amide bonds. The summed E-state index contributed by atoms with van der Waals surface area (Å²) in [7, 11) is 0. The zero-order valence-corrected chi connectivity index (χ0v) is 21.3. The van der Waals surface area contributed by atoms with Crippen LogP contribution in [0.2, 0.25) is 0 Å². The maximum atomic E-state index is 13.8. The summed E-state index contributed by atoms with van der Waals surface area (Å²) in [5.74, 6) is -7.58. The lowest BCUT2D eigenvalue weighted by Gasteiger charge is -2.74. The van der Waals surface area contributed by atoms with E-state index in [-0.39, 0.29) is 17.6 Å². The minimum absolute atomic E-state index is 0.0423. The van der Waals surface area contributed by atoms with Gasteiger partial charge in [-0.05, 0) is 49.5 Å². The molecule has 13 heteroatoms. The van der Waals surface area contributed by atoms with E-state index in [1.54, 1.807) is 0 Å². The van der Waals surface area contributed by atoms with E-state index in [1.165, 1.54) is 6.92 Å². The number of ketones is 1. The molecule has 6 N–H and O–H groups in total. The maximum absolute atomic E-state index is 13.8. The second-order valence-corrected chi connectivity index (χ2v) is 12.0. The molecule has 10 nitrogen and oxygen atoms in total. The van der Waals surface area contributed by atoms with Gasteiger partial charge in [-0.1, -0.05) is 20.4 Å². The Labute approximate surface area is 217 Å². The van der Waals surface area contributed by atoms with Gasteiger partial charge in [0, 0.05) is 17.3 Å². The van der Waals surface area contributed by atoms with Crippen LogP contribution in [0.15, 0.2) is 12.2 Å². The zero-order chi connectivity index (χ0) is 28.8. The molecule has 0 aromatic carbocycles. The first kappa shape index (κ1) is 28.9. The first-order valence-corrected chi connectivity index (χ1v) is 12.5. The molecular weight excluding hydrogens is 515 g/mol. The van der Waals surface area contributed by atoms with Crippen LogP contribution in [0, 0.1) is 34.0 Å².